The van der Waals surface area contributed by atoms with Crippen molar-refractivity contribution in [3.05, 3.63) is 101 Å². The molecular formula is C29H28F3N3O5. The molecule has 2 N–H and O–H groups in total. The highest BCUT2D eigenvalue weighted by Gasteiger charge is 2.43. The van der Waals surface area contributed by atoms with Crippen LogP contribution in [-0.2, 0) is 30.0 Å². The maximum absolute atomic E-state index is 13.7. The van der Waals surface area contributed by atoms with E-state index in [9.17, 15) is 28.0 Å². The van der Waals surface area contributed by atoms with Gasteiger partial charge in [0, 0.05) is 5.69 Å². The number of ether oxygens (including phenoxy) is 3. The lowest BCUT2D eigenvalue weighted by molar-refractivity contribution is -0.140. The van der Waals surface area contributed by atoms with Crippen molar-refractivity contribution in [1.29, 1.82) is 5.26 Å². The van der Waals surface area contributed by atoms with Gasteiger partial charge in [-0.15, -0.1) is 6.58 Å². The lowest BCUT2D eigenvalue weighted by atomic mass is 9.80. The maximum atomic E-state index is 13.7. The van der Waals surface area contributed by atoms with E-state index in [1.165, 1.54) is 35.2 Å². The lowest BCUT2D eigenvalue weighted by Crippen LogP contribution is -2.41. The second-order valence-corrected chi connectivity index (χ2v) is 8.45. The van der Waals surface area contributed by atoms with Gasteiger partial charge in [0.15, 0.2) is 0 Å². The zero-order chi connectivity index (χ0) is 29.4. The zero-order valence-corrected chi connectivity index (χ0v) is 22.0. The topological polar surface area (TPSA) is 115 Å². The molecule has 2 aromatic rings. The average molecular weight is 556 g/mol. The van der Waals surface area contributed by atoms with E-state index in [1.807, 2.05) is 6.07 Å². The molecule has 0 aliphatic carbocycles. The smallest absolute Gasteiger partial charge is 0.416 e. The summed E-state index contributed by atoms with van der Waals surface area (Å²) < 4.78 is 57.2. The highest BCUT2D eigenvalue weighted by atomic mass is 19.4. The summed E-state index contributed by atoms with van der Waals surface area (Å²) in [5.74, 6) is -3.10. The predicted octanol–water partition coefficient (Wildman–Crippen LogP) is 4.93. The van der Waals surface area contributed by atoms with Crippen LogP contribution in [0.1, 0.15) is 36.5 Å². The molecule has 0 bridgehead atoms. The van der Waals surface area contributed by atoms with Gasteiger partial charge in [-0.3, -0.25) is 4.90 Å². The number of anilines is 1. The molecule has 1 aliphatic rings. The van der Waals surface area contributed by atoms with Crippen molar-refractivity contribution in [2.75, 3.05) is 31.3 Å². The predicted molar refractivity (Wildman–Crippen MR) is 140 cm³/mol. The third-order valence-electron chi connectivity index (χ3n) is 5.94. The Bertz CT molecular complexity index is 1370. The summed E-state index contributed by atoms with van der Waals surface area (Å²) >= 11 is 0. The highest BCUT2D eigenvalue weighted by Crippen LogP contribution is 2.44. The number of esters is 2. The van der Waals surface area contributed by atoms with Crippen LogP contribution in [0.5, 0.6) is 0 Å². The molecule has 0 fully saturated rings. The first-order valence-corrected chi connectivity index (χ1v) is 12.3. The van der Waals surface area contributed by atoms with E-state index >= 15 is 0 Å². The Morgan fingerprint density at radius 3 is 2.25 bits per heavy atom. The van der Waals surface area contributed by atoms with Crippen molar-refractivity contribution in [2.45, 2.75) is 25.9 Å². The van der Waals surface area contributed by atoms with Crippen LogP contribution in [0.2, 0.25) is 0 Å². The summed E-state index contributed by atoms with van der Waals surface area (Å²) in [5.41, 5.74) is 6.08. The van der Waals surface area contributed by atoms with Gasteiger partial charge in [0.05, 0.1) is 66.4 Å². The van der Waals surface area contributed by atoms with Gasteiger partial charge in [-0.25, -0.2) is 9.59 Å². The van der Waals surface area contributed by atoms with E-state index < -0.39 is 29.6 Å². The number of benzene rings is 2. The van der Waals surface area contributed by atoms with Crippen LogP contribution in [0.3, 0.4) is 0 Å². The van der Waals surface area contributed by atoms with Crippen molar-refractivity contribution >= 4 is 17.6 Å². The minimum atomic E-state index is -4.67. The number of carbonyl (C=O) groups is 2. The van der Waals surface area contributed by atoms with E-state index in [-0.39, 0.29) is 54.8 Å². The first kappa shape index (κ1) is 30.0. The van der Waals surface area contributed by atoms with Crippen molar-refractivity contribution in [3.8, 4) is 6.07 Å². The van der Waals surface area contributed by atoms with Gasteiger partial charge < -0.3 is 19.9 Å². The van der Waals surface area contributed by atoms with Crippen LogP contribution in [0.25, 0.3) is 0 Å². The first-order chi connectivity index (χ1) is 19.1. The van der Waals surface area contributed by atoms with E-state index in [4.69, 9.17) is 19.9 Å². The Balaban J connectivity index is 2.42. The number of rotatable bonds is 10. The first-order valence-electron chi connectivity index (χ1n) is 12.3. The third-order valence-corrected chi connectivity index (χ3v) is 5.94. The van der Waals surface area contributed by atoms with E-state index in [2.05, 4.69) is 6.58 Å². The molecule has 0 saturated carbocycles. The fourth-order valence-electron chi connectivity index (χ4n) is 4.30. The van der Waals surface area contributed by atoms with Crippen molar-refractivity contribution in [3.63, 3.8) is 0 Å². The molecule has 2 aromatic carbocycles. The molecule has 8 nitrogen and oxygen atoms in total. The molecule has 0 radical (unpaired) electrons. The van der Waals surface area contributed by atoms with Gasteiger partial charge in [0.2, 0.25) is 0 Å². The number of alkyl halides is 3. The molecular weight excluding hydrogens is 527 g/mol. The van der Waals surface area contributed by atoms with Crippen molar-refractivity contribution in [2.24, 2.45) is 5.73 Å². The molecule has 0 spiro atoms. The largest absolute Gasteiger partial charge is 0.463 e. The molecule has 1 atom stereocenters. The zero-order valence-electron chi connectivity index (χ0n) is 22.0. The summed E-state index contributed by atoms with van der Waals surface area (Å²) in [6.07, 6.45) is -3.21. The number of nitriles is 1. The normalized spacial score (nSPS) is 15.5. The summed E-state index contributed by atoms with van der Waals surface area (Å²) in [7, 11) is 0. The number of carbonyl (C=O) groups excluding carboxylic acids is 2. The van der Waals surface area contributed by atoms with E-state index in [0.29, 0.717) is 11.1 Å². The Morgan fingerprint density at radius 2 is 1.70 bits per heavy atom. The summed E-state index contributed by atoms with van der Waals surface area (Å²) in [5, 5.41) is 9.26. The second-order valence-electron chi connectivity index (χ2n) is 8.45. The SMILES string of the molecule is C=CCOCC1=C(C(=O)OCC)C(c2ccc(C#N)cc2)C(C(=O)OCC)=C(N)N1c1cccc(C(F)(F)F)c1. The van der Waals surface area contributed by atoms with Crippen LogP contribution in [0.15, 0.2) is 83.9 Å². The van der Waals surface area contributed by atoms with Gasteiger partial charge in [0.1, 0.15) is 5.82 Å². The van der Waals surface area contributed by atoms with Crippen molar-refractivity contribution in [1.82, 2.24) is 0 Å². The number of hydrogen-bond acceptors (Lipinski definition) is 8. The molecule has 1 aliphatic heterocycles. The minimum absolute atomic E-state index is 0.0271. The van der Waals surface area contributed by atoms with Crippen LogP contribution < -0.4 is 10.6 Å². The second kappa shape index (κ2) is 13.0. The summed E-state index contributed by atoms with van der Waals surface area (Å²) in [6.45, 7) is 6.46. The monoisotopic (exact) mass is 555 g/mol. The number of nitrogens with zero attached hydrogens (tertiary/aromatic N) is 2. The molecule has 0 aromatic heterocycles. The third kappa shape index (κ3) is 6.35. The fraction of sp³-hybridized carbons (Fsp3) is 0.276. The molecule has 1 unspecified atom stereocenters. The number of nitrogens with two attached hydrogens (primary N) is 1. The lowest BCUT2D eigenvalue weighted by Gasteiger charge is -2.38. The van der Waals surface area contributed by atoms with Gasteiger partial charge >= 0.3 is 18.1 Å². The molecule has 0 saturated heterocycles. The number of hydrogen-bond donors (Lipinski definition) is 1. The van der Waals surface area contributed by atoms with Crippen LogP contribution >= 0.6 is 0 Å². The summed E-state index contributed by atoms with van der Waals surface area (Å²) in [4.78, 5) is 28.1. The maximum Gasteiger partial charge on any atom is 0.416 e. The highest BCUT2D eigenvalue weighted by molar-refractivity contribution is 6.01. The van der Waals surface area contributed by atoms with Gasteiger partial charge in [-0.1, -0.05) is 24.3 Å². The van der Waals surface area contributed by atoms with Gasteiger partial charge in [-0.05, 0) is 49.7 Å². The Labute approximate surface area is 229 Å². The van der Waals surface area contributed by atoms with E-state index in [1.54, 1.807) is 26.0 Å². The van der Waals surface area contributed by atoms with Crippen LogP contribution in [0, 0.1) is 11.3 Å². The fourth-order valence-corrected chi connectivity index (χ4v) is 4.30. The number of halogens is 3. The summed E-state index contributed by atoms with van der Waals surface area (Å²) in [6, 6.07) is 12.4. The van der Waals surface area contributed by atoms with Crippen LogP contribution in [-0.4, -0.2) is 38.4 Å². The molecule has 0 amide bonds. The minimum Gasteiger partial charge on any atom is -0.463 e. The Morgan fingerprint density at radius 1 is 1.07 bits per heavy atom. The molecule has 11 heteroatoms. The Kier molecular flexibility index (Phi) is 9.74. The molecule has 210 valence electrons. The average Bonchev–Trinajstić information content (AvgIpc) is 2.92. The van der Waals surface area contributed by atoms with Gasteiger partial charge in [-0.2, -0.15) is 18.4 Å². The quantitative estimate of drug-likeness (QED) is 0.249. The van der Waals surface area contributed by atoms with Gasteiger partial charge in [0.25, 0.3) is 0 Å². The molecule has 40 heavy (non-hydrogen) atoms. The van der Waals surface area contributed by atoms with Crippen LogP contribution in [0.4, 0.5) is 18.9 Å². The standard InChI is InChI=1S/C29H28F3N3O5/c1-4-14-38-17-22-24(27(36)39-5-2)23(19-12-10-18(16-33)11-13-19)25(28(37)40-6-3)26(34)35(22)21-9-7-8-20(15-21)29(30,31)32/h4,7-13,15,23H,1,5-6,14,17,34H2,2-3H3. The van der Waals surface area contributed by atoms with E-state index in [0.717, 1.165) is 12.1 Å². The molecule has 1 heterocycles. The van der Waals surface area contributed by atoms with Crippen molar-refractivity contribution < 1.29 is 37.0 Å². The molecule has 3 rings (SSSR count). The Hall–Kier alpha value is -4.56.